The molecule has 1 aromatic rings. The molecule has 0 aliphatic heterocycles. The van der Waals surface area contributed by atoms with Crippen molar-refractivity contribution in [2.24, 2.45) is 0 Å². The van der Waals surface area contributed by atoms with Crippen molar-refractivity contribution in [2.45, 2.75) is 39.2 Å². The summed E-state index contributed by atoms with van der Waals surface area (Å²) in [5.41, 5.74) is 7.24. The maximum absolute atomic E-state index is 10.9. The minimum Gasteiger partial charge on any atom is -0.478 e. The highest BCUT2D eigenvalue weighted by Crippen LogP contribution is 2.25. The topological polar surface area (TPSA) is 75.3 Å². The predicted octanol–water partition coefficient (Wildman–Crippen LogP) is 2.96. The minimum atomic E-state index is -0.943. The largest absolute Gasteiger partial charge is 0.478 e. The Morgan fingerprint density at radius 3 is 2.65 bits per heavy atom. The van der Waals surface area contributed by atoms with E-state index < -0.39 is 5.97 Å². The van der Waals surface area contributed by atoms with E-state index in [9.17, 15) is 4.79 Å². The van der Waals surface area contributed by atoms with Crippen LogP contribution < -0.4 is 11.1 Å². The molecule has 0 radical (unpaired) electrons. The van der Waals surface area contributed by atoms with Crippen molar-refractivity contribution in [2.75, 3.05) is 11.1 Å². The van der Waals surface area contributed by atoms with Gasteiger partial charge < -0.3 is 16.2 Å². The summed E-state index contributed by atoms with van der Waals surface area (Å²) in [5, 5.41) is 12.2. The smallest absolute Gasteiger partial charge is 0.335 e. The summed E-state index contributed by atoms with van der Waals surface area (Å²) >= 11 is 0. The van der Waals surface area contributed by atoms with Gasteiger partial charge in [-0.2, -0.15) is 0 Å². The Labute approximate surface area is 102 Å². The van der Waals surface area contributed by atoms with Crippen LogP contribution >= 0.6 is 0 Å². The van der Waals surface area contributed by atoms with Gasteiger partial charge in [-0.3, -0.25) is 0 Å². The molecular weight excluding hydrogens is 216 g/mol. The number of carboxylic acids is 1. The van der Waals surface area contributed by atoms with Crippen LogP contribution in [0.3, 0.4) is 0 Å². The van der Waals surface area contributed by atoms with Gasteiger partial charge in [0.05, 0.1) is 16.9 Å². The molecule has 0 aliphatic rings. The SMILES string of the molecule is CCCC(C)(C)Nc1cc(C(=O)O)ccc1N. The Morgan fingerprint density at radius 1 is 1.47 bits per heavy atom. The number of carboxylic acid groups (broad SMARTS) is 1. The molecule has 0 heterocycles. The number of nitrogens with two attached hydrogens (primary N) is 1. The van der Waals surface area contributed by atoms with E-state index in [4.69, 9.17) is 10.8 Å². The van der Waals surface area contributed by atoms with Crippen LogP contribution in [-0.4, -0.2) is 16.6 Å². The van der Waals surface area contributed by atoms with Crippen molar-refractivity contribution in [3.05, 3.63) is 23.8 Å². The lowest BCUT2D eigenvalue weighted by Gasteiger charge is -2.28. The first kappa shape index (κ1) is 13.4. The van der Waals surface area contributed by atoms with Crippen molar-refractivity contribution < 1.29 is 9.90 Å². The third-order valence-corrected chi connectivity index (χ3v) is 2.65. The number of carbonyl (C=O) groups is 1. The van der Waals surface area contributed by atoms with Gasteiger partial charge in [-0.1, -0.05) is 13.3 Å². The van der Waals surface area contributed by atoms with Gasteiger partial charge in [0.2, 0.25) is 0 Å². The Bertz CT molecular complexity index is 414. The summed E-state index contributed by atoms with van der Waals surface area (Å²) in [6.45, 7) is 6.26. The Balaban J connectivity index is 2.97. The van der Waals surface area contributed by atoms with E-state index in [1.54, 1.807) is 12.1 Å². The van der Waals surface area contributed by atoms with Crippen molar-refractivity contribution in [3.63, 3.8) is 0 Å². The maximum Gasteiger partial charge on any atom is 0.335 e. The highest BCUT2D eigenvalue weighted by molar-refractivity contribution is 5.90. The molecule has 4 nitrogen and oxygen atoms in total. The number of hydrogen-bond donors (Lipinski definition) is 3. The van der Waals surface area contributed by atoms with Gasteiger partial charge in [0.1, 0.15) is 0 Å². The molecule has 0 aromatic heterocycles. The molecule has 0 saturated carbocycles. The number of rotatable bonds is 5. The molecule has 0 fully saturated rings. The normalized spacial score (nSPS) is 11.2. The molecular formula is C13H20N2O2. The van der Waals surface area contributed by atoms with Gasteiger partial charge in [0.25, 0.3) is 0 Å². The van der Waals surface area contributed by atoms with Crippen molar-refractivity contribution in [1.29, 1.82) is 0 Å². The van der Waals surface area contributed by atoms with Gasteiger partial charge in [-0.15, -0.1) is 0 Å². The number of aromatic carboxylic acids is 1. The van der Waals surface area contributed by atoms with Crippen LogP contribution in [0.25, 0.3) is 0 Å². The van der Waals surface area contributed by atoms with E-state index in [-0.39, 0.29) is 11.1 Å². The summed E-state index contributed by atoms with van der Waals surface area (Å²) in [7, 11) is 0. The number of benzene rings is 1. The molecule has 0 bridgehead atoms. The number of nitrogens with one attached hydrogen (secondary N) is 1. The third kappa shape index (κ3) is 3.66. The van der Waals surface area contributed by atoms with Crippen LogP contribution in [0, 0.1) is 0 Å². The fraction of sp³-hybridized carbons (Fsp3) is 0.462. The van der Waals surface area contributed by atoms with E-state index in [1.807, 2.05) is 0 Å². The zero-order valence-corrected chi connectivity index (χ0v) is 10.6. The summed E-state index contributed by atoms with van der Waals surface area (Å²) in [6.07, 6.45) is 2.04. The van der Waals surface area contributed by atoms with Crippen LogP contribution in [-0.2, 0) is 0 Å². The number of anilines is 2. The van der Waals surface area contributed by atoms with Crippen LogP contribution in [0.4, 0.5) is 11.4 Å². The highest BCUT2D eigenvalue weighted by atomic mass is 16.4. The maximum atomic E-state index is 10.9. The van der Waals surface area contributed by atoms with Gasteiger partial charge in [-0.05, 0) is 38.5 Å². The molecule has 0 saturated heterocycles. The summed E-state index contributed by atoms with van der Waals surface area (Å²) in [4.78, 5) is 10.9. The molecule has 0 amide bonds. The molecule has 0 aliphatic carbocycles. The molecule has 17 heavy (non-hydrogen) atoms. The number of hydrogen-bond acceptors (Lipinski definition) is 3. The number of nitrogen functional groups attached to an aromatic ring is 1. The van der Waals surface area contributed by atoms with Crippen LogP contribution in [0.1, 0.15) is 44.0 Å². The molecule has 0 spiro atoms. The van der Waals surface area contributed by atoms with E-state index in [2.05, 4.69) is 26.1 Å². The summed E-state index contributed by atoms with van der Waals surface area (Å²) in [5.74, 6) is -0.943. The molecule has 4 N–H and O–H groups in total. The van der Waals surface area contributed by atoms with Gasteiger partial charge in [0, 0.05) is 5.54 Å². The van der Waals surface area contributed by atoms with Crippen molar-refractivity contribution >= 4 is 17.3 Å². The molecule has 94 valence electrons. The first-order valence-electron chi connectivity index (χ1n) is 5.77. The fourth-order valence-electron chi connectivity index (χ4n) is 1.85. The highest BCUT2D eigenvalue weighted by Gasteiger charge is 2.18. The van der Waals surface area contributed by atoms with E-state index in [1.165, 1.54) is 6.07 Å². The second kappa shape index (κ2) is 5.08. The van der Waals surface area contributed by atoms with E-state index in [0.717, 1.165) is 12.8 Å². The van der Waals surface area contributed by atoms with E-state index >= 15 is 0 Å². The average Bonchev–Trinajstić information content (AvgIpc) is 2.20. The summed E-state index contributed by atoms with van der Waals surface area (Å²) < 4.78 is 0. The molecule has 0 unspecified atom stereocenters. The van der Waals surface area contributed by atoms with Crippen LogP contribution in [0.15, 0.2) is 18.2 Å². The Morgan fingerprint density at radius 2 is 2.12 bits per heavy atom. The van der Waals surface area contributed by atoms with Crippen molar-refractivity contribution in [1.82, 2.24) is 0 Å². The van der Waals surface area contributed by atoms with Gasteiger partial charge in [-0.25, -0.2) is 4.79 Å². The molecule has 4 heteroatoms. The lowest BCUT2D eigenvalue weighted by Crippen LogP contribution is -2.31. The second-order valence-corrected chi connectivity index (χ2v) is 4.87. The van der Waals surface area contributed by atoms with E-state index in [0.29, 0.717) is 11.4 Å². The molecule has 0 atom stereocenters. The second-order valence-electron chi connectivity index (χ2n) is 4.87. The Hall–Kier alpha value is -1.71. The zero-order chi connectivity index (χ0) is 13.1. The van der Waals surface area contributed by atoms with Gasteiger partial charge >= 0.3 is 5.97 Å². The van der Waals surface area contributed by atoms with Crippen molar-refractivity contribution in [3.8, 4) is 0 Å². The third-order valence-electron chi connectivity index (χ3n) is 2.65. The quantitative estimate of drug-likeness (QED) is 0.687. The lowest BCUT2D eigenvalue weighted by molar-refractivity contribution is 0.0697. The molecule has 1 aromatic carbocycles. The minimum absolute atomic E-state index is 0.0972. The van der Waals surface area contributed by atoms with Crippen LogP contribution in [0.5, 0.6) is 0 Å². The fourth-order valence-corrected chi connectivity index (χ4v) is 1.85. The summed E-state index contributed by atoms with van der Waals surface area (Å²) in [6, 6.07) is 4.71. The first-order valence-corrected chi connectivity index (χ1v) is 5.77. The standard InChI is InChI=1S/C13H20N2O2/c1-4-7-13(2,3)15-11-8-9(12(16)17)5-6-10(11)14/h5-6,8,15H,4,7,14H2,1-3H3,(H,16,17). The zero-order valence-electron chi connectivity index (χ0n) is 10.6. The lowest BCUT2D eigenvalue weighted by atomic mass is 9.98. The average molecular weight is 236 g/mol. The van der Waals surface area contributed by atoms with Crippen LogP contribution in [0.2, 0.25) is 0 Å². The first-order chi connectivity index (χ1) is 7.85. The Kier molecular flexibility index (Phi) is 3.99. The van der Waals surface area contributed by atoms with Gasteiger partial charge in [0.15, 0.2) is 0 Å². The predicted molar refractivity (Wildman–Crippen MR) is 70.4 cm³/mol. The monoisotopic (exact) mass is 236 g/mol. The molecule has 1 rings (SSSR count).